The van der Waals surface area contributed by atoms with Gasteiger partial charge in [-0.3, -0.25) is 14.5 Å². The predicted octanol–water partition coefficient (Wildman–Crippen LogP) is 4.79. The van der Waals surface area contributed by atoms with Crippen LogP contribution in [0.3, 0.4) is 0 Å². The molecule has 1 aromatic carbocycles. The summed E-state index contributed by atoms with van der Waals surface area (Å²) in [7, 11) is 1.84. The van der Waals surface area contributed by atoms with Crippen LogP contribution < -0.4 is 10.2 Å². The molecule has 0 saturated carbocycles. The van der Waals surface area contributed by atoms with Crippen molar-refractivity contribution in [3.8, 4) is 11.1 Å². The molecule has 2 aliphatic heterocycles. The first-order valence-electron chi connectivity index (χ1n) is 12.9. The first-order valence-corrected chi connectivity index (χ1v) is 12.9. The monoisotopic (exact) mass is 512 g/mol. The molecule has 1 saturated heterocycles. The van der Waals surface area contributed by atoms with Crippen LogP contribution in [0.15, 0.2) is 61.1 Å². The molecule has 1 fully saturated rings. The second-order valence-corrected chi connectivity index (χ2v) is 9.77. The van der Waals surface area contributed by atoms with Crippen LogP contribution in [0.5, 0.6) is 0 Å². The second kappa shape index (κ2) is 10.3. The number of aryl methyl sites for hydroxylation is 1. The molecule has 194 valence electrons. The molecule has 8 nitrogen and oxygen atoms in total. The Balaban J connectivity index is 1.23. The highest BCUT2D eigenvalue weighted by Gasteiger charge is 2.30. The number of ether oxygens (including phenoxy) is 1. The molecule has 0 bridgehead atoms. The Morgan fingerprint density at radius 3 is 2.76 bits per heavy atom. The zero-order chi connectivity index (χ0) is 26.1. The lowest BCUT2D eigenvalue weighted by Gasteiger charge is -2.24. The summed E-state index contributed by atoms with van der Waals surface area (Å²) in [5, 5.41) is 7.39. The third-order valence-corrected chi connectivity index (χ3v) is 7.36. The van der Waals surface area contributed by atoms with Crippen molar-refractivity contribution >= 4 is 23.2 Å². The average Bonchev–Trinajstić information content (AvgIpc) is 3.56. The predicted molar refractivity (Wildman–Crippen MR) is 143 cm³/mol. The Labute approximate surface area is 220 Å². The summed E-state index contributed by atoms with van der Waals surface area (Å²) in [5.74, 6) is 1.23. The number of rotatable bonds is 6. The molecular weight excluding hydrogens is 483 g/mol. The first-order chi connectivity index (χ1) is 18.6. The Morgan fingerprint density at radius 1 is 1.08 bits per heavy atom. The quantitative estimate of drug-likeness (QED) is 0.400. The number of benzene rings is 1. The summed E-state index contributed by atoms with van der Waals surface area (Å²) >= 11 is 0. The Bertz CT molecular complexity index is 1480. The number of fused-ring (bicyclic) bond motifs is 1. The van der Waals surface area contributed by atoms with E-state index in [1.807, 2.05) is 43.4 Å². The van der Waals surface area contributed by atoms with Crippen LogP contribution in [-0.4, -0.2) is 45.4 Å². The summed E-state index contributed by atoms with van der Waals surface area (Å²) in [5.41, 5.74) is 4.69. The maximum atomic E-state index is 15.6. The molecule has 5 heterocycles. The molecule has 2 aliphatic rings. The second-order valence-electron chi connectivity index (χ2n) is 9.77. The molecule has 9 heteroatoms. The molecule has 6 rings (SSSR count). The van der Waals surface area contributed by atoms with Gasteiger partial charge in [0.1, 0.15) is 17.5 Å². The van der Waals surface area contributed by atoms with Crippen molar-refractivity contribution in [3.63, 3.8) is 0 Å². The van der Waals surface area contributed by atoms with Crippen LogP contribution >= 0.6 is 0 Å². The van der Waals surface area contributed by atoms with Gasteiger partial charge in [-0.25, -0.2) is 9.37 Å². The van der Waals surface area contributed by atoms with E-state index in [9.17, 15) is 4.79 Å². The van der Waals surface area contributed by atoms with Gasteiger partial charge in [-0.1, -0.05) is 6.07 Å². The molecule has 0 spiro atoms. The zero-order valence-corrected chi connectivity index (χ0v) is 21.2. The minimum absolute atomic E-state index is 0.108. The fourth-order valence-electron chi connectivity index (χ4n) is 5.41. The molecule has 0 radical (unpaired) electrons. The minimum Gasteiger partial charge on any atom is -0.381 e. The molecule has 0 atom stereocenters. The lowest BCUT2D eigenvalue weighted by atomic mass is 9.91. The molecule has 1 N–H and O–H groups in total. The van der Waals surface area contributed by atoms with Crippen molar-refractivity contribution in [2.45, 2.75) is 31.6 Å². The maximum absolute atomic E-state index is 15.6. The van der Waals surface area contributed by atoms with Gasteiger partial charge < -0.3 is 15.0 Å². The van der Waals surface area contributed by atoms with Gasteiger partial charge in [-0.05, 0) is 71.8 Å². The molecule has 1 amide bonds. The molecule has 4 aromatic rings. The van der Waals surface area contributed by atoms with Crippen LogP contribution in [-0.2, 0) is 29.4 Å². The third-order valence-electron chi connectivity index (χ3n) is 7.36. The molecule has 3 aromatic heterocycles. The minimum atomic E-state index is -0.392. The van der Waals surface area contributed by atoms with Gasteiger partial charge >= 0.3 is 0 Å². The fraction of sp³-hybridized carbons (Fsp3) is 0.310. The van der Waals surface area contributed by atoms with E-state index in [4.69, 9.17) is 4.74 Å². The van der Waals surface area contributed by atoms with Gasteiger partial charge in [0.25, 0.3) is 0 Å². The summed E-state index contributed by atoms with van der Waals surface area (Å²) in [6.45, 7) is 1.88. The Morgan fingerprint density at radius 2 is 1.95 bits per heavy atom. The largest absolute Gasteiger partial charge is 0.381 e. The van der Waals surface area contributed by atoms with E-state index >= 15 is 4.39 Å². The first kappa shape index (κ1) is 24.2. The van der Waals surface area contributed by atoms with Gasteiger partial charge in [0, 0.05) is 56.9 Å². The number of anilines is 3. The SMILES string of the molecule is Cn1nccc1Nc1cc(-c2cc(F)c3c(c2)CCN3C(=O)Cc2cccnc2C2CCOCC2)ccn1. The third kappa shape index (κ3) is 4.77. The van der Waals surface area contributed by atoms with Crippen LogP contribution in [0, 0.1) is 5.82 Å². The van der Waals surface area contributed by atoms with Crippen molar-refractivity contribution in [2.24, 2.45) is 7.05 Å². The van der Waals surface area contributed by atoms with E-state index in [-0.39, 0.29) is 18.2 Å². The van der Waals surface area contributed by atoms with Gasteiger partial charge in [0.15, 0.2) is 0 Å². The van der Waals surface area contributed by atoms with Gasteiger partial charge in [0.2, 0.25) is 5.91 Å². The van der Waals surface area contributed by atoms with Crippen LogP contribution in [0.4, 0.5) is 21.7 Å². The summed E-state index contributed by atoms with van der Waals surface area (Å²) in [6.07, 6.45) is 7.79. The summed E-state index contributed by atoms with van der Waals surface area (Å²) < 4.78 is 22.8. The van der Waals surface area contributed by atoms with Crippen molar-refractivity contribution in [1.82, 2.24) is 19.7 Å². The number of hydrogen-bond donors (Lipinski definition) is 1. The zero-order valence-electron chi connectivity index (χ0n) is 21.2. The van der Waals surface area contributed by atoms with Crippen LogP contribution in [0.25, 0.3) is 11.1 Å². The van der Waals surface area contributed by atoms with Crippen molar-refractivity contribution in [3.05, 3.63) is 83.7 Å². The van der Waals surface area contributed by atoms with E-state index in [0.29, 0.717) is 37.7 Å². The smallest absolute Gasteiger partial charge is 0.231 e. The van der Waals surface area contributed by atoms with Crippen LogP contribution in [0.2, 0.25) is 0 Å². The van der Waals surface area contributed by atoms with Gasteiger partial charge in [0.05, 0.1) is 18.3 Å². The molecule has 0 unspecified atom stereocenters. The lowest BCUT2D eigenvalue weighted by Crippen LogP contribution is -2.31. The maximum Gasteiger partial charge on any atom is 0.231 e. The number of carbonyl (C=O) groups excluding carboxylic acids is 1. The van der Waals surface area contributed by atoms with Gasteiger partial charge in [-0.15, -0.1) is 0 Å². The Hall–Kier alpha value is -4.11. The molecular formula is C29H29FN6O2. The molecule has 0 aliphatic carbocycles. The van der Waals surface area contributed by atoms with Crippen molar-refractivity contribution in [1.29, 1.82) is 0 Å². The normalized spacial score (nSPS) is 15.5. The number of nitrogens with one attached hydrogen (secondary N) is 1. The van der Waals surface area contributed by atoms with E-state index in [1.165, 1.54) is 6.07 Å². The topological polar surface area (TPSA) is 85.2 Å². The number of carbonyl (C=O) groups is 1. The number of aromatic nitrogens is 4. The number of halogens is 1. The van der Waals surface area contributed by atoms with Gasteiger partial charge in [-0.2, -0.15) is 5.10 Å². The highest BCUT2D eigenvalue weighted by molar-refractivity contribution is 5.97. The highest BCUT2D eigenvalue weighted by atomic mass is 19.1. The number of pyridine rings is 2. The fourth-order valence-corrected chi connectivity index (χ4v) is 5.41. The van der Waals surface area contributed by atoms with E-state index < -0.39 is 5.82 Å². The highest BCUT2D eigenvalue weighted by Crippen LogP contribution is 2.36. The van der Waals surface area contributed by atoms with Crippen molar-refractivity contribution < 1.29 is 13.9 Å². The number of nitrogens with zero attached hydrogens (tertiary/aromatic N) is 5. The standard InChI is InChI=1S/C29H29FN6O2/c1-35-26(5-11-33-35)34-25-17-20(4-10-31-25)23-15-22-6-12-36(29(22)24(30)16-23)27(37)18-21-3-2-9-32-28(21)19-7-13-38-14-8-19/h2-5,9-11,15-17,19H,6-8,12-14,18H2,1H3,(H,31,34). The van der Waals surface area contributed by atoms with Crippen LogP contribution in [0.1, 0.15) is 35.6 Å². The molecule has 38 heavy (non-hydrogen) atoms. The summed E-state index contributed by atoms with van der Waals surface area (Å²) in [6, 6.07) is 12.9. The Kier molecular flexibility index (Phi) is 6.59. The van der Waals surface area contributed by atoms with E-state index in [2.05, 4.69) is 20.4 Å². The summed E-state index contributed by atoms with van der Waals surface area (Å²) in [4.78, 5) is 24.0. The number of amides is 1. The van der Waals surface area contributed by atoms with E-state index in [1.54, 1.807) is 28.2 Å². The number of hydrogen-bond acceptors (Lipinski definition) is 6. The van der Waals surface area contributed by atoms with E-state index in [0.717, 1.165) is 46.6 Å². The van der Waals surface area contributed by atoms with Crippen molar-refractivity contribution in [2.75, 3.05) is 30.0 Å². The average molecular weight is 513 g/mol. The lowest BCUT2D eigenvalue weighted by molar-refractivity contribution is -0.117.